The van der Waals surface area contributed by atoms with E-state index in [1.807, 2.05) is 0 Å². The Balaban J connectivity index is 2.65. The fraction of sp³-hybridized carbons (Fsp3) is 0.900. The third kappa shape index (κ3) is 2.44. The van der Waals surface area contributed by atoms with Crippen molar-refractivity contribution in [3.8, 4) is 0 Å². The van der Waals surface area contributed by atoms with E-state index in [0.717, 1.165) is 0 Å². The van der Waals surface area contributed by atoms with Gasteiger partial charge in [0.1, 0.15) is 0 Å². The molecule has 1 fully saturated rings. The normalized spacial score (nSPS) is 32.7. The lowest BCUT2D eigenvalue weighted by Gasteiger charge is -2.36. The maximum absolute atomic E-state index is 12.4. The second-order valence-electron chi connectivity index (χ2n) is 4.25. The van der Waals surface area contributed by atoms with E-state index in [0.29, 0.717) is 6.42 Å². The van der Waals surface area contributed by atoms with E-state index < -0.39 is 23.5 Å². The topological polar surface area (TPSA) is 37.3 Å². The van der Waals surface area contributed by atoms with Crippen molar-refractivity contribution in [2.24, 2.45) is 11.3 Å². The third-order valence-corrected chi connectivity index (χ3v) is 3.54. The molecule has 0 aromatic heterocycles. The molecule has 2 nitrogen and oxygen atoms in total. The smallest absolute Gasteiger partial charge is 0.391 e. The quantitative estimate of drug-likeness (QED) is 0.781. The first-order chi connectivity index (χ1) is 6.82. The molecule has 1 rings (SSSR count). The van der Waals surface area contributed by atoms with E-state index >= 15 is 0 Å². The number of carboxylic acid groups (broad SMARTS) is 1. The summed E-state index contributed by atoms with van der Waals surface area (Å²) in [6.07, 6.45) is -3.58. The summed E-state index contributed by atoms with van der Waals surface area (Å²) in [4.78, 5) is 11.0. The molecule has 15 heavy (non-hydrogen) atoms. The summed E-state index contributed by atoms with van der Waals surface area (Å²) >= 11 is 0. The number of halogens is 3. The van der Waals surface area contributed by atoms with Crippen molar-refractivity contribution in [1.29, 1.82) is 0 Å². The van der Waals surface area contributed by atoms with Crippen molar-refractivity contribution in [3.63, 3.8) is 0 Å². The summed E-state index contributed by atoms with van der Waals surface area (Å²) in [6.45, 7) is 1.72. The van der Waals surface area contributed by atoms with Gasteiger partial charge in [-0.15, -0.1) is 0 Å². The lowest BCUT2D eigenvalue weighted by molar-refractivity contribution is -0.191. The number of hydrogen-bond donors (Lipinski definition) is 1. The van der Waals surface area contributed by atoms with Gasteiger partial charge in [0, 0.05) is 0 Å². The molecule has 0 atom stereocenters. The first-order valence-electron chi connectivity index (χ1n) is 5.12. The molecular formula is C10H15F3O2. The van der Waals surface area contributed by atoms with Crippen LogP contribution in [0.15, 0.2) is 0 Å². The predicted octanol–water partition coefficient (Wildman–Crippen LogP) is 3.22. The Bertz CT molecular complexity index is 240. The van der Waals surface area contributed by atoms with E-state index in [1.165, 1.54) is 0 Å². The number of aliphatic carboxylic acids is 1. The van der Waals surface area contributed by atoms with Crippen LogP contribution >= 0.6 is 0 Å². The van der Waals surface area contributed by atoms with Gasteiger partial charge in [0.25, 0.3) is 0 Å². The van der Waals surface area contributed by atoms with E-state index in [4.69, 9.17) is 5.11 Å². The highest BCUT2D eigenvalue weighted by molar-refractivity contribution is 5.74. The van der Waals surface area contributed by atoms with Gasteiger partial charge in [-0.05, 0) is 32.1 Å². The van der Waals surface area contributed by atoms with Crippen LogP contribution in [0, 0.1) is 11.3 Å². The fourth-order valence-electron chi connectivity index (χ4n) is 2.22. The average Bonchev–Trinajstić information content (AvgIpc) is 2.16. The van der Waals surface area contributed by atoms with Gasteiger partial charge in [0.05, 0.1) is 11.3 Å². The molecule has 0 aliphatic heterocycles. The largest absolute Gasteiger partial charge is 0.481 e. The molecule has 0 saturated heterocycles. The predicted molar refractivity (Wildman–Crippen MR) is 48.4 cm³/mol. The monoisotopic (exact) mass is 224 g/mol. The molecule has 0 spiro atoms. The third-order valence-electron chi connectivity index (χ3n) is 3.54. The SMILES string of the molecule is CCC1(C(=O)O)CCC(C(F)(F)F)CC1. The number of rotatable bonds is 2. The molecule has 1 N–H and O–H groups in total. The summed E-state index contributed by atoms with van der Waals surface area (Å²) in [6, 6.07) is 0. The first kappa shape index (κ1) is 12.3. The molecule has 1 aliphatic carbocycles. The molecule has 1 saturated carbocycles. The van der Waals surface area contributed by atoms with E-state index in [-0.39, 0.29) is 25.7 Å². The Labute approximate surface area is 86.5 Å². The maximum Gasteiger partial charge on any atom is 0.391 e. The molecule has 0 aromatic rings. The van der Waals surface area contributed by atoms with Crippen LogP contribution < -0.4 is 0 Å². The number of carboxylic acids is 1. The minimum atomic E-state index is -4.17. The Kier molecular flexibility index (Phi) is 3.31. The zero-order chi connectivity index (χ0) is 11.7. The average molecular weight is 224 g/mol. The fourth-order valence-corrected chi connectivity index (χ4v) is 2.22. The first-order valence-corrected chi connectivity index (χ1v) is 5.12. The molecule has 0 amide bonds. The second-order valence-corrected chi connectivity index (χ2v) is 4.25. The maximum atomic E-state index is 12.4. The van der Waals surface area contributed by atoms with Crippen molar-refractivity contribution in [1.82, 2.24) is 0 Å². The molecule has 5 heteroatoms. The Morgan fingerprint density at radius 1 is 1.40 bits per heavy atom. The molecule has 0 bridgehead atoms. The van der Waals surface area contributed by atoms with Crippen molar-refractivity contribution in [2.75, 3.05) is 0 Å². The molecule has 0 radical (unpaired) electrons. The molecule has 0 heterocycles. The summed E-state index contributed by atoms with van der Waals surface area (Å²) in [5.74, 6) is -2.26. The van der Waals surface area contributed by atoms with Crippen molar-refractivity contribution >= 4 is 5.97 Å². The van der Waals surface area contributed by atoms with Crippen LogP contribution in [0.4, 0.5) is 13.2 Å². The standard InChI is InChI=1S/C10H15F3O2/c1-2-9(8(14)15)5-3-7(4-6-9)10(11,12)13/h7H,2-6H2,1H3,(H,14,15). The summed E-state index contributed by atoms with van der Waals surface area (Å²) < 4.78 is 37.1. The van der Waals surface area contributed by atoms with E-state index in [2.05, 4.69) is 0 Å². The second kappa shape index (κ2) is 4.02. The minimum Gasteiger partial charge on any atom is -0.481 e. The summed E-state index contributed by atoms with van der Waals surface area (Å²) in [7, 11) is 0. The summed E-state index contributed by atoms with van der Waals surface area (Å²) in [5.41, 5.74) is -0.915. The Morgan fingerprint density at radius 3 is 2.13 bits per heavy atom. The number of alkyl halides is 3. The van der Waals surface area contributed by atoms with Gasteiger partial charge in [-0.2, -0.15) is 13.2 Å². The highest BCUT2D eigenvalue weighted by atomic mass is 19.4. The van der Waals surface area contributed by atoms with Crippen molar-refractivity contribution in [3.05, 3.63) is 0 Å². The van der Waals surface area contributed by atoms with Gasteiger partial charge >= 0.3 is 12.1 Å². The Morgan fingerprint density at radius 2 is 1.87 bits per heavy atom. The van der Waals surface area contributed by atoms with Crippen LogP contribution in [-0.4, -0.2) is 17.3 Å². The molecule has 0 aromatic carbocycles. The van der Waals surface area contributed by atoms with Gasteiger partial charge in [0.15, 0.2) is 0 Å². The molecule has 1 aliphatic rings. The number of hydrogen-bond acceptors (Lipinski definition) is 1. The number of carbonyl (C=O) groups is 1. The van der Waals surface area contributed by atoms with Crippen LogP contribution in [-0.2, 0) is 4.79 Å². The zero-order valence-electron chi connectivity index (χ0n) is 8.60. The van der Waals surface area contributed by atoms with E-state index in [9.17, 15) is 18.0 Å². The Hall–Kier alpha value is -0.740. The van der Waals surface area contributed by atoms with Crippen LogP contribution in [0.1, 0.15) is 39.0 Å². The lowest BCUT2D eigenvalue weighted by Crippen LogP contribution is -2.38. The highest BCUT2D eigenvalue weighted by Crippen LogP contribution is 2.46. The highest BCUT2D eigenvalue weighted by Gasteiger charge is 2.48. The van der Waals surface area contributed by atoms with E-state index in [1.54, 1.807) is 6.92 Å². The minimum absolute atomic E-state index is 0.0519. The van der Waals surface area contributed by atoms with Crippen LogP contribution in [0.5, 0.6) is 0 Å². The van der Waals surface area contributed by atoms with Gasteiger partial charge in [-0.1, -0.05) is 6.92 Å². The van der Waals surface area contributed by atoms with Crippen LogP contribution in [0.2, 0.25) is 0 Å². The molecule has 0 unspecified atom stereocenters. The van der Waals surface area contributed by atoms with Crippen LogP contribution in [0.3, 0.4) is 0 Å². The molecular weight excluding hydrogens is 209 g/mol. The van der Waals surface area contributed by atoms with Gasteiger partial charge in [0.2, 0.25) is 0 Å². The van der Waals surface area contributed by atoms with Gasteiger partial charge in [-0.25, -0.2) is 0 Å². The zero-order valence-corrected chi connectivity index (χ0v) is 8.60. The summed E-state index contributed by atoms with van der Waals surface area (Å²) in [5, 5.41) is 9.00. The van der Waals surface area contributed by atoms with Crippen molar-refractivity contribution < 1.29 is 23.1 Å². The lowest BCUT2D eigenvalue weighted by atomic mass is 9.69. The van der Waals surface area contributed by atoms with Gasteiger partial charge in [-0.3, -0.25) is 4.79 Å². The van der Waals surface area contributed by atoms with Gasteiger partial charge < -0.3 is 5.11 Å². The van der Waals surface area contributed by atoms with Crippen molar-refractivity contribution in [2.45, 2.75) is 45.2 Å². The van der Waals surface area contributed by atoms with Crippen LogP contribution in [0.25, 0.3) is 0 Å². The molecule has 88 valence electrons.